The van der Waals surface area contributed by atoms with Crippen LogP contribution >= 0.6 is 12.4 Å². The topological polar surface area (TPSA) is 12.0 Å². The van der Waals surface area contributed by atoms with Crippen LogP contribution in [0.2, 0.25) is 0 Å². The molecule has 13 heavy (non-hydrogen) atoms. The number of hydrogen-bond donors (Lipinski definition) is 1. The summed E-state index contributed by atoms with van der Waals surface area (Å²) in [5.74, 6) is 0. The Morgan fingerprint density at radius 1 is 1.38 bits per heavy atom. The molecule has 1 unspecified atom stereocenters. The zero-order valence-electron chi connectivity index (χ0n) is 7.92. The van der Waals surface area contributed by atoms with E-state index in [2.05, 4.69) is 36.5 Å². The molecule has 1 saturated heterocycles. The highest BCUT2D eigenvalue weighted by Crippen LogP contribution is 2.23. The zero-order valence-corrected chi connectivity index (χ0v) is 8.73. The van der Waals surface area contributed by atoms with Gasteiger partial charge >= 0.3 is 0 Å². The number of halogens is 1. The van der Waals surface area contributed by atoms with Crippen molar-refractivity contribution in [3.8, 4) is 0 Å². The second kappa shape index (κ2) is 4.64. The monoisotopic (exact) mass is 197 g/mol. The van der Waals surface area contributed by atoms with Gasteiger partial charge in [0, 0.05) is 6.04 Å². The molecule has 0 aromatic heterocycles. The van der Waals surface area contributed by atoms with Crippen molar-refractivity contribution in [2.75, 3.05) is 6.54 Å². The van der Waals surface area contributed by atoms with E-state index in [4.69, 9.17) is 0 Å². The molecule has 0 saturated carbocycles. The maximum Gasteiger partial charge on any atom is 0.0320 e. The van der Waals surface area contributed by atoms with Crippen LogP contribution in [0, 0.1) is 6.92 Å². The van der Waals surface area contributed by atoms with Crippen molar-refractivity contribution in [2.24, 2.45) is 0 Å². The van der Waals surface area contributed by atoms with Crippen molar-refractivity contribution in [3.05, 3.63) is 35.4 Å². The summed E-state index contributed by atoms with van der Waals surface area (Å²) in [4.78, 5) is 0. The second-order valence-corrected chi connectivity index (χ2v) is 3.56. The zero-order chi connectivity index (χ0) is 8.39. The molecule has 2 rings (SSSR count). The van der Waals surface area contributed by atoms with Gasteiger partial charge in [0.25, 0.3) is 0 Å². The molecule has 0 aliphatic carbocycles. The van der Waals surface area contributed by atoms with Gasteiger partial charge in [0.05, 0.1) is 0 Å². The number of aryl methyl sites for hydroxylation is 1. The molecule has 1 N–H and O–H groups in total. The number of rotatable bonds is 1. The Bertz CT molecular complexity index is 267. The molecule has 0 bridgehead atoms. The van der Waals surface area contributed by atoms with E-state index in [1.54, 1.807) is 0 Å². The lowest BCUT2D eigenvalue weighted by molar-refractivity contribution is 0.647. The van der Waals surface area contributed by atoms with Crippen LogP contribution in [0.3, 0.4) is 0 Å². The Balaban J connectivity index is 0.000000845. The predicted octanol–water partition coefficient (Wildman–Crippen LogP) is 2.84. The van der Waals surface area contributed by atoms with Gasteiger partial charge in [-0.3, -0.25) is 0 Å². The molecular formula is C11H16ClN. The van der Waals surface area contributed by atoms with Crippen LogP contribution in [0.15, 0.2) is 24.3 Å². The average molecular weight is 198 g/mol. The van der Waals surface area contributed by atoms with Crippen LogP contribution in [0.1, 0.15) is 30.0 Å². The van der Waals surface area contributed by atoms with E-state index in [1.165, 1.54) is 30.5 Å². The predicted molar refractivity (Wildman–Crippen MR) is 58.4 cm³/mol. The van der Waals surface area contributed by atoms with E-state index >= 15 is 0 Å². The van der Waals surface area contributed by atoms with Crippen LogP contribution < -0.4 is 5.32 Å². The number of nitrogens with one attached hydrogen (secondary N) is 1. The van der Waals surface area contributed by atoms with E-state index < -0.39 is 0 Å². The Morgan fingerprint density at radius 3 is 2.85 bits per heavy atom. The normalized spacial score (nSPS) is 21.2. The summed E-state index contributed by atoms with van der Waals surface area (Å²) in [6, 6.07) is 9.41. The third kappa shape index (κ3) is 2.45. The van der Waals surface area contributed by atoms with Gasteiger partial charge in [-0.15, -0.1) is 12.4 Å². The molecule has 0 radical (unpaired) electrons. The van der Waals surface area contributed by atoms with Gasteiger partial charge in [0.15, 0.2) is 0 Å². The summed E-state index contributed by atoms with van der Waals surface area (Å²) >= 11 is 0. The summed E-state index contributed by atoms with van der Waals surface area (Å²) in [5, 5.41) is 3.50. The lowest BCUT2D eigenvalue weighted by atomic mass is 10.0. The quantitative estimate of drug-likeness (QED) is 0.730. The summed E-state index contributed by atoms with van der Waals surface area (Å²) in [6.45, 7) is 3.33. The summed E-state index contributed by atoms with van der Waals surface area (Å²) in [7, 11) is 0. The van der Waals surface area contributed by atoms with E-state index in [0.717, 1.165) is 0 Å². The van der Waals surface area contributed by atoms with Crippen molar-refractivity contribution in [3.63, 3.8) is 0 Å². The molecule has 1 aromatic carbocycles. The SMILES string of the molecule is Cc1cccc(C2CCCN2)c1.Cl. The summed E-state index contributed by atoms with van der Waals surface area (Å²) < 4.78 is 0. The fourth-order valence-electron chi connectivity index (χ4n) is 1.86. The van der Waals surface area contributed by atoms with Crippen molar-refractivity contribution in [1.29, 1.82) is 0 Å². The maximum atomic E-state index is 3.50. The van der Waals surface area contributed by atoms with E-state index in [9.17, 15) is 0 Å². The van der Waals surface area contributed by atoms with Crippen molar-refractivity contribution < 1.29 is 0 Å². The standard InChI is InChI=1S/C11H15N.ClH/c1-9-4-2-5-10(8-9)11-6-3-7-12-11;/h2,4-5,8,11-12H,3,6-7H2,1H3;1H. The second-order valence-electron chi connectivity index (χ2n) is 3.56. The van der Waals surface area contributed by atoms with E-state index in [1.807, 2.05) is 0 Å². The molecule has 1 heterocycles. The van der Waals surface area contributed by atoms with Crippen LogP contribution in [-0.4, -0.2) is 6.54 Å². The molecule has 0 amide bonds. The minimum absolute atomic E-state index is 0. The van der Waals surface area contributed by atoms with Crippen LogP contribution in [0.4, 0.5) is 0 Å². The maximum absolute atomic E-state index is 3.50. The molecule has 0 spiro atoms. The highest BCUT2D eigenvalue weighted by molar-refractivity contribution is 5.85. The molecule has 1 nitrogen and oxygen atoms in total. The van der Waals surface area contributed by atoms with Crippen LogP contribution in [-0.2, 0) is 0 Å². The first-order valence-corrected chi connectivity index (χ1v) is 4.66. The lowest BCUT2D eigenvalue weighted by Gasteiger charge is -2.10. The van der Waals surface area contributed by atoms with E-state index in [0.29, 0.717) is 6.04 Å². The van der Waals surface area contributed by atoms with Gasteiger partial charge in [-0.25, -0.2) is 0 Å². The third-order valence-corrected chi connectivity index (χ3v) is 2.50. The smallest absolute Gasteiger partial charge is 0.0320 e. The first kappa shape index (κ1) is 10.6. The fourth-order valence-corrected chi connectivity index (χ4v) is 1.86. The lowest BCUT2D eigenvalue weighted by Crippen LogP contribution is -2.12. The molecule has 1 atom stereocenters. The third-order valence-electron chi connectivity index (χ3n) is 2.50. The van der Waals surface area contributed by atoms with Crippen LogP contribution in [0.5, 0.6) is 0 Å². The van der Waals surface area contributed by atoms with Gasteiger partial charge in [0.1, 0.15) is 0 Å². The molecule has 1 fully saturated rings. The Hall–Kier alpha value is -0.530. The Kier molecular flexibility index (Phi) is 3.76. The highest BCUT2D eigenvalue weighted by atomic mass is 35.5. The molecular weight excluding hydrogens is 182 g/mol. The first-order valence-electron chi connectivity index (χ1n) is 4.66. The Labute approximate surface area is 86.0 Å². The minimum atomic E-state index is 0. The first-order chi connectivity index (χ1) is 5.86. The van der Waals surface area contributed by atoms with Gasteiger partial charge in [-0.2, -0.15) is 0 Å². The summed E-state index contributed by atoms with van der Waals surface area (Å²) in [6.07, 6.45) is 2.61. The van der Waals surface area contributed by atoms with Crippen molar-refractivity contribution >= 4 is 12.4 Å². The molecule has 72 valence electrons. The van der Waals surface area contributed by atoms with Gasteiger partial charge < -0.3 is 5.32 Å². The highest BCUT2D eigenvalue weighted by Gasteiger charge is 2.15. The Morgan fingerprint density at radius 2 is 2.23 bits per heavy atom. The fraction of sp³-hybridized carbons (Fsp3) is 0.455. The summed E-state index contributed by atoms with van der Waals surface area (Å²) in [5.41, 5.74) is 2.81. The number of benzene rings is 1. The molecule has 2 heteroatoms. The molecule has 1 aromatic rings. The van der Waals surface area contributed by atoms with Crippen molar-refractivity contribution in [1.82, 2.24) is 5.32 Å². The molecule has 1 aliphatic heterocycles. The van der Waals surface area contributed by atoms with Gasteiger partial charge in [-0.1, -0.05) is 29.8 Å². The molecule has 1 aliphatic rings. The van der Waals surface area contributed by atoms with E-state index in [-0.39, 0.29) is 12.4 Å². The van der Waals surface area contributed by atoms with Gasteiger partial charge in [0.2, 0.25) is 0 Å². The average Bonchev–Trinajstić information content (AvgIpc) is 2.56. The van der Waals surface area contributed by atoms with Crippen molar-refractivity contribution in [2.45, 2.75) is 25.8 Å². The van der Waals surface area contributed by atoms with Crippen LogP contribution in [0.25, 0.3) is 0 Å². The van der Waals surface area contributed by atoms with Gasteiger partial charge in [-0.05, 0) is 31.9 Å². The number of hydrogen-bond acceptors (Lipinski definition) is 1. The minimum Gasteiger partial charge on any atom is -0.310 e. The largest absolute Gasteiger partial charge is 0.310 e.